The van der Waals surface area contributed by atoms with Crippen LogP contribution in [0.5, 0.6) is 0 Å². The van der Waals surface area contributed by atoms with Gasteiger partial charge in [-0.3, -0.25) is 0 Å². The maximum absolute atomic E-state index is 13.2. The number of benzene rings is 1. The molecular weight excluding hydrogens is 328 g/mol. The van der Waals surface area contributed by atoms with Crippen LogP contribution in [0.3, 0.4) is 0 Å². The predicted octanol–water partition coefficient (Wildman–Crippen LogP) is 0.299. The lowest BCUT2D eigenvalue weighted by molar-refractivity contribution is -0.735. The number of allylic oxidation sites excluding steroid dienone is 1. The number of rotatable bonds is 3. The third kappa shape index (κ3) is 3.36. The third-order valence-corrected chi connectivity index (χ3v) is 2.44. The molecule has 0 amide bonds. The molecule has 2 rings (SSSR count). The van der Waals surface area contributed by atoms with Crippen LogP contribution in [0.1, 0.15) is 6.30 Å². The standard InChI is InChI=1S/C14H13FN.HI/c1-2-14(15)16-10-8-13(9-11-16)12-6-4-3-5-7-12;/h2-11,14H,1H2;1H/q+1;/p-1. The Hall–Kier alpha value is -1.23. The molecule has 0 aliphatic heterocycles. The monoisotopic (exact) mass is 341 g/mol. The Kier molecular flexibility index (Phi) is 5.28. The molecule has 1 heterocycles. The van der Waals surface area contributed by atoms with E-state index in [0.29, 0.717) is 0 Å². The fourth-order valence-corrected chi connectivity index (χ4v) is 1.55. The molecule has 0 radical (unpaired) electrons. The van der Waals surface area contributed by atoms with Gasteiger partial charge in [0.15, 0.2) is 12.4 Å². The summed E-state index contributed by atoms with van der Waals surface area (Å²) < 4.78 is 14.7. The van der Waals surface area contributed by atoms with Crippen molar-refractivity contribution in [3.63, 3.8) is 0 Å². The minimum atomic E-state index is -1.16. The first kappa shape index (κ1) is 13.8. The van der Waals surface area contributed by atoms with E-state index >= 15 is 0 Å². The minimum Gasteiger partial charge on any atom is -1.00 e. The Morgan fingerprint density at radius 1 is 1.00 bits per heavy atom. The number of nitrogens with zero attached hydrogens (tertiary/aromatic N) is 1. The van der Waals surface area contributed by atoms with Crippen LogP contribution in [0.2, 0.25) is 0 Å². The third-order valence-electron chi connectivity index (χ3n) is 2.44. The molecule has 3 heteroatoms. The van der Waals surface area contributed by atoms with E-state index in [9.17, 15) is 4.39 Å². The van der Waals surface area contributed by atoms with E-state index in [1.165, 1.54) is 10.6 Å². The lowest BCUT2D eigenvalue weighted by atomic mass is 10.1. The molecule has 1 aromatic heterocycles. The van der Waals surface area contributed by atoms with Gasteiger partial charge in [0, 0.05) is 18.2 Å². The zero-order valence-electron chi connectivity index (χ0n) is 9.26. The van der Waals surface area contributed by atoms with Crippen molar-refractivity contribution in [3.8, 4) is 11.1 Å². The van der Waals surface area contributed by atoms with E-state index in [4.69, 9.17) is 0 Å². The zero-order chi connectivity index (χ0) is 11.4. The Morgan fingerprint density at radius 2 is 1.53 bits per heavy atom. The quantitative estimate of drug-likeness (QED) is 0.430. The van der Waals surface area contributed by atoms with Crippen LogP contribution in [0.15, 0.2) is 67.5 Å². The second kappa shape index (κ2) is 6.49. The molecule has 1 aromatic carbocycles. The summed E-state index contributed by atoms with van der Waals surface area (Å²) in [4.78, 5) is 0. The van der Waals surface area contributed by atoms with Crippen LogP contribution < -0.4 is 28.5 Å². The number of alkyl halides is 1. The van der Waals surface area contributed by atoms with Crippen molar-refractivity contribution in [3.05, 3.63) is 67.5 Å². The zero-order valence-corrected chi connectivity index (χ0v) is 11.4. The number of aromatic nitrogens is 1. The molecule has 0 bridgehead atoms. The topological polar surface area (TPSA) is 3.88 Å². The highest BCUT2D eigenvalue weighted by Crippen LogP contribution is 2.16. The first-order valence-corrected chi connectivity index (χ1v) is 5.14. The summed E-state index contributed by atoms with van der Waals surface area (Å²) in [5.41, 5.74) is 2.21. The normalized spacial score (nSPS) is 11.4. The molecule has 0 aliphatic carbocycles. The van der Waals surface area contributed by atoms with Gasteiger partial charge >= 0.3 is 6.30 Å². The molecule has 0 saturated carbocycles. The molecule has 2 aromatic rings. The maximum Gasteiger partial charge on any atom is 0.318 e. The Morgan fingerprint density at radius 3 is 2.06 bits per heavy atom. The smallest absolute Gasteiger partial charge is 0.318 e. The lowest BCUT2D eigenvalue weighted by Crippen LogP contribution is -3.00. The molecule has 0 fully saturated rings. The van der Waals surface area contributed by atoms with E-state index < -0.39 is 6.30 Å². The lowest BCUT2D eigenvalue weighted by Gasteiger charge is -2.01. The van der Waals surface area contributed by atoms with Crippen molar-refractivity contribution in [1.82, 2.24) is 0 Å². The summed E-state index contributed by atoms with van der Waals surface area (Å²) in [6.45, 7) is 3.42. The van der Waals surface area contributed by atoms with Gasteiger partial charge in [0.05, 0.1) is 0 Å². The fourth-order valence-electron chi connectivity index (χ4n) is 1.55. The van der Waals surface area contributed by atoms with Gasteiger partial charge in [0.1, 0.15) is 0 Å². The number of hydrogen-bond donors (Lipinski definition) is 0. The average molecular weight is 341 g/mol. The van der Waals surface area contributed by atoms with Crippen LogP contribution in [0.25, 0.3) is 11.1 Å². The highest BCUT2D eigenvalue weighted by atomic mass is 127. The van der Waals surface area contributed by atoms with Crippen LogP contribution in [0, 0.1) is 0 Å². The van der Waals surface area contributed by atoms with E-state index in [2.05, 4.69) is 6.58 Å². The largest absolute Gasteiger partial charge is 1.00 e. The van der Waals surface area contributed by atoms with E-state index in [0.717, 1.165) is 11.1 Å². The van der Waals surface area contributed by atoms with E-state index in [-0.39, 0.29) is 24.0 Å². The number of halogens is 2. The fraction of sp³-hybridized carbons (Fsp3) is 0.0714. The van der Waals surface area contributed by atoms with E-state index in [1.807, 2.05) is 42.5 Å². The van der Waals surface area contributed by atoms with Gasteiger partial charge in [-0.2, -0.15) is 8.96 Å². The van der Waals surface area contributed by atoms with Gasteiger partial charge in [-0.1, -0.05) is 36.9 Å². The van der Waals surface area contributed by atoms with Gasteiger partial charge in [0.2, 0.25) is 0 Å². The summed E-state index contributed by atoms with van der Waals surface area (Å²) in [5, 5.41) is 0. The van der Waals surface area contributed by atoms with Crippen LogP contribution in [-0.2, 0) is 0 Å². The minimum absolute atomic E-state index is 0. The van der Waals surface area contributed by atoms with Gasteiger partial charge in [-0.25, -0.2) is 0 Å². The molecular formula is C14H13FIN. The van der Waals surface area contributed by atoms with Gasteiger partial charge in [-0.15, -0.1) is 0 Å². The summed E-state index contributed by atoms with van der Waals surface area (Å²) >= 11 is 0. The van der Waals surface area contributed by atoms with Crippen molar-refractivity contribution in [1.29, 1.82) is 0 Å². The van der Waals surface area contributed by atoms with Gasteiger partial charge in [0.25, 0.3) is 0 Å². The van der Waals surface area contributed by atoms with Crippen molar-refractivity contribution in [2.24, 2.45) is 0 Å². The Bertz CT molecular complexity index is 467. The SMILES string of the molecule is C=CC(F)[n+]1ccc(-c2ccccc2)cc1.[I-]. The van der Waals surface area contributed by atoms with Crippen molar-refractivity contribution in [2.45, 2.75) is 6.30 Å². The number of pyridine rings is 1. The molecule has 0 N–H and O–H groups in total. The Labute approximate surface area is 118 Å². The van der Waals surface area contributed by atoms with Crippen molar-refractivity contribution in [2.75, 3.05) is 0 Å². The first-order chi connectivity index (χ1) is 7.81. The molecule has 1 unspecified atom stereocenters. The molecule has 88 valence electrons. The van der Waals surface area contributed by atoms with Crippen molar-refractivity contribution < 1.29 is 32.9 Å². The van der Waals surface area contributed by atoms with E-state index in [1.54, 1.807) is 12.4 Å². The summed E-state index contributed by atoms with van der Waals surface area (Å²) in [5.74, 6) is 0. The summed E-state index contributed by atoms with van der Waals surface area (Å²) in [7, 11) is 0. The summed E-state index contributed by atoms with van der Waals surface area (Å²) in [6, 6.07) is 13.8. The average Bonchev–Trinajstić information content (AvgIpc) is 2.39. The molecule has 0 saturated heterocycles. The van der Waals surface area contributed by atoms with Crippen LogP contribution in [0.4, 0.5) is 4.39 Å². The van der Waals surface area contributed by atoms with Crippen LogP contribution in [-0.4, -0.2) is 0 Å². The second-order valence-corrected chi connectivity index (χ2v) is 3.51. The van der Waals surface area contributed by atoms with Gasteiger partial charge in [-0.05, 0) is 11.1 Å². The second-order valence-electron chi connectivity index (χ2n) is 3.51. The molecule has 1 atom stereocenters. The predicted molar refractivity (Wildman–Crippen MR) is 62.4 cm³/mol. The maximum atomic E-state index is 13.2. The summed E-state index contributed by atoms with van der Waals surface area (Å²) in [6.07, 6.45) is 3.54. The number of hydrogen-bond acceptors (Lipinski definition) is 0. The molecule has 0 spiro atoms. The van der Waals surface area contributed by atoms with Gasteiger partial charge < -0.3 is 24.0 Å². The highest BCUT2D eigenvalue weighted by Gasteiger charge is 2.10. The molecule has 17 heavy (non-hydrogen) atoms. The molecule has 0 aliphatic rings. The first-order valence-electron chi connectivity index (χ1n) is 5.14. The molecule has 1 nitrogen and oxygen atoms in total. The Balaban J connectivity index is 0.00000144. The van der Waals surface area contributed by atoms with Crippen molar-refractivity contribution >= 4 is 0 Å². The van der Waals surface area contributed by atoms with Crippen LogP contribution >= 0.6 is 0 Å². The highest BCUT2D eigenvalue weighted by molar-refractivity contribution is 5.61.